The lowest BCUT2D eigenvalue weighted by Gasteiger charge is -2.35. The van der Waals surface area contributed by atoms with Crippen molar-refractivity contribution in [3.05, 3.63) is 0 Å². The van der Waals surface area contributed by atoms with Crippen molar-refractivity contribution in [1.29, 1.82) is 0 Å². The van der Waals surface area contributed by atoms with Crippen LogP contribution >= 0.6 is 12.4 Å². The Morgan fingerprint density at radius 3 is 2.59 bits per heavy atom. The molecule has 102 valence electrons. The average molecular weight is 263 g/mol. The first kappa shape index (κ1) is 16.7. The summed E-state index contributed by atoms with van der Waals surface area (Å²) in [6.07, 6.45) is 3.67. The Kier molecular flexibility index (Phi) is 7.80. The molecule has 0 aromatic carbocycles. The Morgan fingerprint density at radius 1 is 1.41 bits per heavy atom. The molecule has 1 aliphatic rings. The number of nitrogens with zero attached hydrogens (tertiary/aromatic N) is 1. The Hall–Kier alpha value is -0.280. The second kappa shape index (κ2) is 7.93. The van der Waals surface area contributed by atoms with Crippen molar-refractivity contribution in [2.24, 2.45) is 23.5 Å². The molecule has 0 aliphatic carbocycles. The van der Waals surface area contributed by atoms with E-state index in [1.54, 1.807) is 0 Å². The van der Waals surface area contributed by atoms with Gasteiger partial charge < -0.3 is 10.6 Å². The molecule has 1 aliphatic heterocycles. The lowest BCUT2D eigenvalue weighted by Crippen LogP contribution is -2.44. The summed E-state index contributed by atoms with van der Waals surface area (Å²) in [4.78, 5) is 14.0. The standard InChI is InChI=1S/C13H26N2O.ClH/c1-10(2)7-12-5-4-6-15(9-12)13(16)11(3)8-14;/h10-12H,4-9,14H2,1-3H3;1H. The van der Waals surface area contributed by atoms with Crippen LogP contribution in [0.15, 0.2) is 0 Å². The summed E-state index contributed by atoms with van der Waals surface area (Å²) in [5.41, 5.74) is 5.55. The number of amides is 1. The van der Waals surface area contributed by atoms with Gasteiger partial charge in [-0.3, -0.25) is 4.79 Å². The molecule has 0 spiro atoms. The van der Waals surface area contributed by atoms with Crippen LogP contribution in [-0.2, 0) is 4.79 Å². The van der Waals surface area contributed by atoms with Gasteiger partial charge in [-0.1, -0.05) is 20.8 Å². The first-order valence-corrected chi connectivity index (χ1v) is 6.53. The fourth-order valence-corrected chi connectivity index (χ4v) is 2.54. The van der Waals surface area contributed by atoms with E-state index in [1.165, 1.54) is 12.8 Å². The third kappa shape index (κ3) is 5.26. The molecule has 17 heavy (non-hydrogen) atoms. The van der Waals surface area contributed by atoms with Gasteiger partial charge in [0.25, 0.3) is 0 Å². The minimum absolute atomic E-state index is 0. The number of hydrogen-bond acceptors (Lipinski definition) is 2. The zero-order valence-corrected chi connectivity index (χ0v) is 12.1. The van der Waals surface area contributed by atoms with Crippen molar-refractivity contribution in [2.75, 3.05) is 19.6 Å². The number of likely N-dealkylation sites (tertiary alicyclic amines) is 1. The second-order valence-corrected chi connectivity index (χ2v) is 5.56. The zero-order valence-electron chi connectivity index (χ0n) is 11.3. The van der Waals surface area contributed by atoms with Crippen LogP contribution in [0, 0.1) is 17.8 Å². The fourth-order valence-electron chi connectivity index (χ4n) is 2.54. The summed E-state index contributed by atoms with van der Waals surface area (Å²) in [5.74, 6) is 1.66. The van der Waals surface area contributed by atoms with Gasteiger partial charge >= 0.3 is 0 Å². The van der Waals surface area contributed by atoms with Crippen LogP contribution in [0.25, 0.3) is 0 Å². The highest BCUT2D eigenvalue weighted by molar-refractivity contribution is 5.85. The molecule has 0 bridgehead atoms. The molecule has 0 radical (unpaired) electrons. The van der Waals surface area contributed by atoms with Crippen LogP contribution in [0.3, 0.4) is 0 Å². The molecule has 0 saturated carbocycles. The smallest absolute Gasteiger partial charge is 0.226 e. The molecule has 1 heterocycles. The maximum atomic E-state index is 12.0. The van der Waals surface area contributed by atoms with E-state index in [-0.39, 0.29) is 24.2 Å². The van der Waals surface area contributed by atoms with Gasteiger partial charge in [-0.15, -0.1) is 12.4 Å². The molecular weight excluding hydrogens is 236 g/mol. The highest BCUT2D eigenvalue weighted by Crippen LogP contribution is 2.23. The molecule has 1 amide bonds. The van der Waals surface area contributed by atoms with Crippen molar-refractivity contribution in [3.8, 4) is 0 Å². The van der Waals surface area contributed by atoms with Crippen molar-refractivity contribution in [2.45, 2.75) is 40.0 Å². The average Bonchev–Trinajstić information content (AvgIpc) is 2.26. The van der Waals surface area contributed by atoms with Gasteiger partial charge in [0.2, 0.25) is 5.91 Å². The predicted octanol–water partition coefficient (Wildman–Crippen LogP) is 2.29. The number of halogens is 1. The number of carbonyl (C=O) groups is 1. The fraction of sp³-hybridized carbons (Fsp3) is 0.923. The van der Waals surface area contributed by atoms with E-state index in [1.807, 2.05) is 11.8 Å². The van der Waals surface area contributed by atoms with E-state index in [0.717, 1.165) is 25.4 Å². The van der Waals surface area contributed by atoms with Crippen LogP contribution in [0.1, 0.15) is 40.0 Å². The van der Waals surface area contributed by atoms with E-state index in [9.17, 15) is 4.79 Å². The summed E-state index contributed by atoms with van der Waals surface area (Å²) in [6, 6.07) is 0. The lowest BCUT2D eigenvalue weighted by atomic mass is 9.89. The van der Waals surface area contributed by atoms with Gasteiger partial charge in [0.15, 0.2) is 0 Å². The molecule has 0 aromatic rings. The first-order chi connectivity index (χ1) is 7.54. The van der Waals surface area contributed by atoms with Gasteiger partial charge in [0, 0.05) is 25.6 Å². The molecule has 2 unspecified atom stereocenters. The SMILES string of the molecule is CC(C)CC1CCCN(C(=O)C(C)CN)C1.Cl. The van der Waals surface area contributed by atoms with E-state index >= 15 is 0 Å². The largest absolute Gasteiger partial charge is 0.342 e. The molecule has 3 nitrogen and oxygen atoms in total. The maximum Gasteiger partial charge on any atom is 0.226 e. The predicted molar refractivity (Wildman–Crippen MR) is 74.2 cm³/mol. The minimum Gasteiger partial charge on any atom is -0.342 e. The zero-order chi connectivity index (χ0) is 12.1. The minimum atomic E-state index is -0.0159. The third-order valence-electron chi connectivity index (χ3n) is 3.41. The monoisotopic (exact) mass is 262 g/mol. The van der Waals surface area contributed by atoms with E-state index < -0.39 is 0 Å². The Bertz CT molecular complexity index is 233. The van der Waals surface area contributed by atoms with Crippen LogP contribution in [0.4, 0.5) is 0 Å². The molecule has 2 atom stereocenters. The summed E-state index contributed by atoms with van der Waals surface area (Å²) >= 11 is 0. The van der Waals surface area contributed by atoms with E-state index in [0.29, 0.717) is 12.5 Å². The van der Waals surface area contributed by atoms with Gasteiger partial charge in [0.1, 0.15) is 0 Å². The van der Waals surface area contributed by atoms with Gasteiger partial charge in [0.05, 0.1) is 0 Å². The molecule has 4 heteroatoms. The number of piperidine rings is 1. The normalized spacial score (nSPS) is 22.2. The molecular formula is C13H27ClN2O. The molecule has 1 fully saturated rings. The van der Waals surface area contributed by atoms with Gasteiger partial charge in [-0.2, -0.15) is 0 Å². The second-order valence-electron chi connectivity index (χ2n) is 5.56. The van der Waals surface area contributed by atoms with E-state index in [2.05, 4.69) is 13.8 Å². The molecule has 2 N–H and O–H groups in total. The van der Waals surface area contributed by atoms with Crippen LogP contribution in [-0.4, -0.2) is 30.4 Å². The van der Waals surface area contributed by atoms with Crippen LogP contribution < -0.4 is 5.73 Å². The maximum absolute atomic E-state index is 12.0. The van der Waals surface area contributed by atoms with Gasteiger partial charge in [-0.05, 0) is 31.1 Å². The Morgan fingerprint density at radius 2 is 2.06 bits per heavy atom. The summed E-state index contributed by atoms with van der Waals surface area (Å²) in [6.45, 7) is 8.77. The van der Waals surface area contributed by atoms with Crippen molar-refractivity contribution in [3.63, 3.8) is 0 Å². The van der Waals surface area contributed by atoms with Crippen molar-refractivity contribution in [1.82, 2.24) is 4.90 Å². The van der Waals surface area contributed by atoms with Gasteiger partial charge in [-0.25, -0.2) is 0 Å². The number of nitrogens with two attached hydrogens (primary N) is 1. The molecule has 1 rings (SSSR count). The van der Waals surface area contributed by atoms with Crippen LogP contribution in [0.2, 0.25) is 0 Å². The Balaban J connectivity index is 0.00000256. The lowest BCUT2D eigenvalue weighted by molar-refractivity contribution is -0.136. The topological polar surface area (TPSA) is 46.3 Å². The molecule has 1 saturated heterocycles. The van der Waals surface area contributed by atoms with E-state index in [4.69, 9.17) is 5.73 Å². The highest BCUT2D eigenvalue weighted by Gasteiger charge is 2.26. The Labute approximate surface area is 112 Å². The van der Waals surface area contributed by atoms with Crippen LogP contribution in [0.5, 0.6) is 0 Å². The van der Waals surface area contributed by atoms with Crippen molar-refractivity contribution >= 4 is 18.3 Å². The third-order valence-corrected chi connectivity index (χ3v) is 3.41. The number of rotatable bonds is 4. The first-order valence-electron chi connectivity index (χ1n) is 6.53. The summed E-state index contributed by atoms with van der Waals surface area (Å²) in [7, 11) is 0. The quantitative estimate of drug-likeness (QED) is 0.845. The number of hydrogen-bond donors (Lipinski definition) is 1. The number of carbonyl (C=O) groups excluding carboxylic acids is 1. The summed E-state index contributed by atoms with van der Waals surface area (Å²) in [5, 5.41) is 0. The summed E-state index contributed by atoms with van der Waals surface area (Å²) < 4.78 is 0. The van der Waals surface area contributed by atoms with Crippen molar-refractivity contribution < 1.29 is 4.79 Å². The highest BCUT2D eigenvalue weighted by atomic mass is 35.5. The molecule has 0 aromatic heterocycles.